The largest absolute Gasteiger partial charge is 0.396 e. The van der Waals surface area contributed by atoms with Crippen molar-refractivity contribution in [2.75, 3.05) is 12.3 Å². The zero-order chi connectivity index (χ0) is 12.8. The molecule has 1 aromatic heterocycles. The average molecular weight is 240 g/mol. The van der Waals surface area contributed by atoms with Crippen molar-refractivity contribution < 1.29 is 9.90 Å². The van der Waals surface area contributed by atoms with Crippen molar-refractivity contribution in [3.8, 4) is 0 Å². The Labute approximate surface area is 101 Å². The molecule has 6 heteroatoms. The molecule has 0 saturated heterocycles. The predicted molar refractivity (Wildman–Crippen MR) is 65.6 cm³/mol. The molecule has 1 rings (SSSR count). The molecule has 1 atom stereocenters. The summed E-state index contributed by atoms with van der Waals surface area (Å²) in [5.41, 5.74) is 6.39. The van der Waals surface area contributed by atoms with Crippen LogP contribution in [0.15, 0.2) is 6.20 Å². The number of nitrogen functional groups attached to an aromatic ring is 1. The van der Waals surface area contributed by atoms with Crippen LogP contribution < -0.4 is 11.1 Å². The molecule has 1 aromatic rings. The van der Waals surface area contributed by atoms with Gasteiger partial charge in [-0.05, 0) is 13.3 Å². The van der Waals surface area contributed by atoms with Crippen molar-refractivity contribution in [1.82, 2.24) is 15.1 Å². The lowest BCUT2D eigenvalue weighted by molar-refractivity contribution is 0.0900. The van der Waals surface area contributed by atoms with Crippen LogP contribution in [0.2, 0.25) is 0 Å². The fourth-order valence-corrected chi connectivity index (χ4v) is 1.62. The molecule has 0 spiro atoms. The molecule has 0 aliphatic heterocycles. The normalized spacial score (nSPS) is 12.4. The average Bonchev–Trinajstić information content (AvgIpc) is 2.68. The first-order valence-electron chi connectivity index (χ1n) is 5.87. The number of aryl methyl sites for hydroxylation is 1. The van der Waals surface area contributed by atoms with Crippen LogP contribution >= 0.6 is 0 Å². The van der Waals surface area contributed by atoms with E-state index < -0.39 is 6.10 Å². The smallest absolute Gasteiger partial charge is 0.271 e. The van der Waals surface area contributed by atoms with E-state index in [-0.39, 0.29) is 12.5 Å². The molecule has 1 unspecified atom stereocenters. The van der Waals surface area contributed by atoms with Gasteiger partial charge in [-0.2, -0.15) is 5.10 Å². The molecule has 0 radical (unpaired) electrons. The number of amides is 1. The second kappa shape index (κ2) is 6.24. The molecule has 0 bridgehead atoms. The van der Waals surface area contributed by atoms with Gasteiger partial charge in [0, 0.05) is 13.1 Å². The lowest BCUT2D eigenvalue weighted by Crippen LogP contribution is -2.33. The molecule has 0 saturated carbocycles. The molecule has 1 heterocycles. The number of anilines is 1. The van der Waals surface area contributed by atoms with Gasteiger partial charge in [0.1, 0.15) is 5.69 Å². The Balaban J connectivity index is 2.60. The molecule has 17 heavy (non-hydrogen) atoms. The van der Waals surface area contributed by atoms with Gasteiger partial charge in [0.2, 0.25) is 0 Å². The number of aromatic nitrogens is 2. The lowest BCUT2D eigenvalue weighted by atomic mass is 10.2. The summed E-state index contributed by atoms with van der Waals surface area (Å²) in [4.78, 5) is 11.9. The number of carbonyl (C=O) groups excluding carboxylic acids is 1. The number of aliphatic hydroxyl groups excluding tert-OH is 1. The first kappa shape index (κ1) is 13.5. The van der Waals surface area contributed by atoms with Gasteiger partial charge in [0.25, 0.3) is 5.91 Å². The summed E-state index contributed by atoms with van der Waals surface area (Å²) in [5, 5.41) is 16.2. The topological polar surface area (TPSA) is 93.2 Å². The second-order valence-electron chi connectivity index (χ2n) is 3.92. The van der Waals surface area contributed by atoms with Crippen LogP contribution in [0.25, 0.3) is 0 Å². The molecule has 0 aliphatic rings. The van der Waals surface area contributed by atoms with Gasteiger partial charge in [-0.3, -0.25) is 9.48 Å². The van der Waals surface area contributed by atoms with E-state index in [4.69, 9.17) is 5.73 Å². The molecule has 6 nitrogen and oxygen atoms in total. The Hall–Kier alpha value is -1.56. The minimum absolute atomic E-state index is 0.237. The van der Waals surface area contributed by atoms with Gasteiger partial charge >= 0.3 is 0 Å². The number of carbonyl (C=O) groups is 1. The Kier molecular flexibility index (Phi) is 4.96. The van der Waals surface area contributed by atoms with Crippen molar-refractivity contribution in [2.24, 2.45) is 0 Å². The molecular formula is C11H20N4O2. The van der Waals surface area contributed by atoms with Crippen LogP contribution in [0.4, 0.5) is 5.69 Å². The second-order valence-corrected chi connectivity index (χ2v) is 3.92. The maximum atomic E-state index is 11.9. The minimum atomic E-state index is -0.511. The van der Waals surface area contributed by atoms with Crippen molar-refractivity contribution in [3.63, 3.8) is 0 Å². The summed E-state index contributed by atoms with van der Waals surface area (Å²) >= 11 is 0. The first-order chi connectivity index (χ1) is 8.10. The highest BCUT2D eigenvalue weighted by Crippen LogP contribution is 2.10. The summed E-state index contributed by atoms with van der Waals surface area (Å²) in [6.07, 6.45) is 2.50. The number of nitrogens with one attached hydrogen (secondary N) is 1. The van der Waals surface area contributed by atoms with Crippen molar-refractivity contribution in [1.29, 1.82) is 0 Å². The van der Waals surface area contributed by atoms with Crippen LogP contribution in [0, 0.1) is 0 Å². The Morgan fingerprint density at radius 2 is 2.35 bits per heavy atom. The third-order valence-corrected chi connectivity index (χ3v) is 2.50. The standard InChI is InChI=1S/C11H20N4O2/c1-3-5-8(16)6-13-11(17)10-9(12)7-14-15(10)4-2/h7-8,16H,3-6,12H2,1-2H3,(H,13,17). The monoisotopic (exact) mass is 240 g/mol. The maximum Gasteiger partial charge on any atom is 0.271 e. The highest BCUT2D eigenvalue weighted by atomic mass is 16.3. The third-order valence-electron chi connectivity index (χ3n) is 2.50. The van der Waals surface area contributed by atoms with E-state index in [1.165, 1.54) is 10.9 Å². The zero-order valence-corrected chi connectivity index (χ0v) is 10.3. The highest BCUT2D eigenvalue weighted by Gasteiger charge is 2.16. The Bertz CT molecular complexity index is 376. The summed E-state index contributed by atoms with van der Waals surface area (Å²) in [5.74, 6) is -0.294. The number of hydrogen-bond acceptors (Lipinski definition) is 4. The highest BCUT2D eigenvalue weighted by molar-refractivity contribution is 5.97. The van der Waals surface area contributed by atoms with Gasteiger partial charge in [-0.15, -0.1) is 0 Å². The van der Waals surface area contributed by atoms with Crippen LogP contribution in [-0.4, -0.2) is 33.4 Å². The van der Waals surface area contributed by atoms with Crippen LogP contribution in [0.3, 0.4) is 0 Å². The lowest BCUT2D eigenvalue weighted by Gasteiger charge is -2.11. The Morgan fingerprint density at radius 3 is 2.94 bits per heavy atom. The number of aliphatic hydroxyl groups is 1. The van der Waals surface area contributed by atoms with E-state index in [1.54, 1.807) is 0 Å². The number of nitrogens with zero attached hydrogens (tertiary/aromatic N) is 2. The van der Waals surface area contributed by atoms with E-state index in [2.05, 4.69) is 10.4 Å². The first-order valence-corrected chi connectivity index (χ1v) is 5.87. The van der Waals surface area contributed by atoms with Gasteiger partial charge in [0.15, 0.2) is 0 Å². The number of nitrogens with two attached hydrogens (primary N) is 1. The fourth-order valence-electron chi connectivity index (χ4n) is 1.62. The molecule has 0 aromatic carbocycles. The molecule has 4 N–H and O–H groups in total. The van der Waals surface area contributed by atoms with Crippen molar-refractivity contribution in [3.05, 3.63) is 11.9 Å². The molecule has 96 valence electrons. The van der Waals surface area contributed by atoms with Gasteiger partial charge in [-0.25, -0.2) is 0 Å². The predicted octanol–water partition coefficient (Wildman–Crippen LogP) is 0.376. The molecule has 0 aliphatic carbocycles. The van der Waals surface area contributed by atoms with Gasteiger partial charge in [0.05, 0.1) is 18.0 Å². The molecule has 1 amide bonds. The van der Waals surface area contributed by atoms with Crippen molar-refractivity contribution in [2.45, 2.75) is 39.3 Å². The fraction of sp³-hybridized carbons (Fsp3) is 0.636. The molecular weight excluding hydrogens is 220 g/mol. The summed E-state index contributed by atoms with van der Waals surface area (Å²) in [7, 11) is 0. The van der Waals surface area contributed by atoms with Gasteiger partial charge < -0.3 is 16.2 Å². The SMILES string of the molecule is CCCC(O)CNC(=O)c1c(N)cnn1CC. The molecule has 0 fully saturated rings. The number of hydrogen-bond donors (Lipinski definition) is 3. The van der Waals surface area contributed by atoms with E-state index in [0.717, 1.165) is 6.42 Å². The van der Waals surface area contributed by atoms with Crippen LogP contribution in [-0.2, 0) is 6.54 Å². The summed E-state index contributed by atoms with van der Waals surface area (Å²) < 4.78 is 1.54. The quantitative estimate of drug-likeness (QED) is 0.670. The number of rotatable bonds is 6. The van der Waals surface area contributed by atoms with Gasteiger partial charge in [-0.1, -0.05) is 13.3 Å². The van der Waals surface area contributed by atoms with E-state index in [1.807, 2.05) is 13.8 Å². The third kappa shape index (κ3) is 3.45. The Morgan fingerprint density at radius 1 is 1.65 bits per heavy atom. The minimum Gasteiger partial charge on any atom is -0.396 e. The van der Waals surface area contributed by atoms with Crippen molar-refractivity contribution >= 4 is 11.6 Å². The summed E-state index contributed by atoms with van der Waals surface area (Å²) in [6.45, 7) is 4.68. The van der Waals surface area contributed by atoms with E-state index >= 15 is 0 Å². The summed E-state index contributed by atoms with van der Waals surface area (Å²) in [6, 6.07) is 0. The zero-order valence-electron chi connectivity index (χ0n) is 10.3. The van der Waals surface area contributed by atoms with Crippen LogP contribution in [0.1, 0.15) is 37.2 Å². The maximum absolute atomic E-state index is 11.9. The van der Waals surface area contributed by atoms with E-state index in [0.29, 0.717) is 24.3 Å². The van der Waals surface area contributed by atoms with E-state index in [9.17, 15) is 9.90 Å². The van der Waals surface area contributed by atoms with Crippen LogP contribution in [0.5, 0.6) is 0 Å².